The van der Waals surface area contributed by atoms with Crippen LogP contribution in [0.3, 0.4) is 0 Å². The van der Waals surface area contributed by atoms with E-state index in [1.54, 1.807) is 24.3 Å². The molecule has 0 bridgehead atoms. The second-order valence-corrected chi connectivity index (χ2v) is 7.99. The van der Waals surface area contributed by atoms with Crippen LogP contribution in [0, 0.1) is 0 Å². The van der Waals surface area contributed by atoms with Crippen molar-refractivity contribution in [1.82, 2.24) is 4.90 Å². The average Bonchev–Trinajstić information content (AvgIpc) is 3.05. The van der Waals surface area contributed by atoms with Crippen LogP contribution in [0.25, 0.3) is 16.8 Å². The number of methoxy groups -OCH3 is 1. The lowest BCUT2D eigenvalue weighted by Crippen LogP contribution is -2.27. The number of nitrogens with zero attached hydrogens (tertiary/aromatic N) is 1. The zero-order valence-electron chi connectivity index (χ0n) is 17.1. The van der Waals surface area contributed by atoms with Crippen LogP contribution in [-0.2, 0) is 16.1 Å². The fraction of sp³-hybridized carbons (Fsp3) is 0.125. The van der Waals surface area contributed by atoms with Crippen LogP contribution in [0.2, 0.25) is 0 Å². The molecule has 3 aromatic carbocycles. The van der Waals surface area contributed by atoms with Gasteiger partial charge in [0.2, 0.25) is 0 Å². The van der Waals surface area contributed by atoms with Crippen molar-refractivity contribution in [3.05, 3.63) is 76.7 Å². The number of benzene rings is 3. The van der Waals surface area contributed by atoms with Gasteiger partial charge in [-0.15, -0.1) is 0 Å². The van der Waals surface area contributed by atoms with Crippen LogP contribution in [0.5, 0.6) is 11.5 Å². The number of thioether (sulfide) groups is 1. The molecule has 1 N–H and O–H groups in total. The van der Waals surface area contributed by atoms with Gasteiger partial charge in [-0.25, -0.2) is 4.79 Å². The molecule has 2 amide bonds. The highest BCUT2D eigenvalue weighted by Crippen LogP contribution is 2.36. The summed E-state index contributed by atoms with van der Waals surface area (Å²) in [7, 11) is 1.44. The molecule has 8 heteroatoms. The Bertz CT molecular complexity index is 1250. The highest BCUT2D eigenvalue weighted by atomic mass is 32.2. The maximum absolute atomic E-state index is 13.0. The number of amides is 2. The number of carbonyl (C=O) groups excluding carboxylic acids is 2. The first-order chi connectivity index (χ1) is 15.5. The van der Waals surface area contributed by atoms with Crippen molar-refractivity contribution < 1.29 is 29.0 Å². The largest absolute Gasteiger partial charge is 0.493 e. The monoisotopic (exact) mass is 449 g/mol. The quantitative estimate of drug-likeness (QED) is 0.529. The van der Waals surface area contributed by atoms with E-state index >= 15 is 0 Å². The molecular formula is C24H19NO6S. The molecule has 1 fully saturated rings. The number of imide groups is 1. The molecule has 7 nitrogen and oxygen atoms in total. The average molecular weight is 449 g/mol. The van der Waals surface area contributed by atoms with E-state index in [0.29, 0.717) is 16.2 Å². The van der Waals surface area contributed by atoms with Crippen LogP contribution in [0.15, 0.2) is 65.6 Å². The van der Waals surface area contributed by atoms with Gasteiger partial charge in [-0.1, -0.05) is 48.5 Å². The summed E-state index contributed by atoms with van der Waals surface area (Å²) in [5.41, 5.74) is 1.52. The molecule has 0 atom stereocenters. The molecule has 0 saturated carbocycles. The molecule has 0 radical (unpaired) electrons. The third-order valence-corrected chi connectivity index (χ3v) is 5.83. The SMILES string of the molecule is COc1cc(/C=C2/SC(=O)N(Cc3cccc4ccccc34)C2=O)ccc1OCC(=O)O. The second-order valence-electron chi connectivity index (χ2n) is 7.00. The van der Waals surface area contributed by atoms with Gasteiger partial charge in [-0.05, 0) is 51.9 Å². The minimum atomic E-state index is -1.10. The molecule has 4 rings (SSSR count). The van der Waals surface area contributed by atoms with Crippen LogP contribution in [0.4, 0.5) is 4.79 Å². The summed E-state index contributed by atoms with van der Waals surface area (Å²) >= 11 is 0.882. The molecule has 1 heterocycles. The number of carboxylic acids is 1. The van der Waals surface area contributed by atoms with Gasteiger partial charge in [0, 0.05) is 0 Å². The van der Waals surface area contributed by atoms with Gasteiger partial charge in [-0.3, -0.25) is 14.5 Å². The summed E-state index contributed by atoms with van der Waals surface area (Å²) in [6.45, 7) is -0.308. The summed E-state index contributed by atoms with van der Waals surface area (Å²) in [4.78, 5) is 37.8. The number of carbonyl (C=O) groups is 3. The molecule has 0 spiro atoms. The molecular weight excluding hydrogens is 430 g/mol. The first-order valence-corrected chi connectivity index (χ1v) is 10.5. The first kappa shape index (κ1) is 21.5. The highest BCUT2D eigenvalue weighted by molar-refractivity contribution is 8.18. The van der Waals surface area contributed by atoms with Crippen LogP contribution < -0.4 is 9.47 Å². The van der Waals surface area contributed by atoms with Crippen LogP contribution in [0.1, 0.15) is 11.1 Å². The Labute approximate surface area is 188 Å². The number of hydrogen-bond acceptors (Lipinski definition) is 6. The number of ether oxygens (including phenoxy) is 2. The van der Waals surface area contributed by atoms with Gasteiger partial charge in [0.25, 0.3) is 11.1 Å². The molecule has 162 valence electrons. The topological polar surface area (TPSA) is 93.1 Å². The predicted molar refractivity (Wildman–Crippen MR) is 122 cm³/mol. The molecule has 1 aliphatic rings. The molecule has 1 aliphatic heterocycles. The zero-order chi connectivity index (χ0) is 22.7. The van der Waals surface area contributed by atoms with E-state index in [4.69, 9.17) is 14.6 Å². The first-order valence-electron chi connectivity index (χ1n) is 9.71. The number of carboxylic acid groups (broad SMARTS) is 1. The van der Waals surface area contributed by atoms with Crippen LogP contribution in [-0.4, -0.2) is 40.8 Å². The van der Waals surface area contributed by atoms with Gasteiger partial charge in [0.1, 0.15) is 0 Å². The van der Waals surface area contributed by atoms with Gasteiger partial charge in [0.05, 0.1) is 18.6 Å². The van der Waals surface area contributed by atoms with E-state index < -0.39 is 12.6 Å². The molecule has 1 saturated heterocycles. The maximum Gasteiger partial charge on any atom is 0.341 e. The number of aliphatic carboxylic acids is 1. The standard InChI is InChI=1S/C24H19NO6S/c1-30-20-11-15(9-10-19(20)31-14-22(26)27)12-21-23(28)25(24(29)32-21)13-17-7-4-6-16-5-2-3-8-18(16)17/h2-12H,13-14H2,1H3,(H,26,27)/b21-12+. The lowest BCUT2D eigenvalue weighted by Gasteiger charge is -2.14. The van der Waals surface area contributed by atoms with Crippen molar-refractivity contribution in [2.45, 2.75) is 6.54 Å². The minimum absolute atomic E-state index is 0.189. The van der Waals surface area contributed by atoms with Crippen molar-refractivity contribution in [1.29, 1.82) is 0 Å². The normalized spacial score (nSPS) is 14.9. The number of fused-ring (bicyclic) bond motifs is 1. The van der Waals surface area contributed by atoms with Gasteiger partial charge >= 0.3 is 5.97 Å². The highest BCUT2D eigenvalue weighted by Gasteiger charge is 2.35. The number of hydrogen-bond donors (Lipinski definition) is 1. The van der Waals surface area contributed by atoms with Gasteiger partial charge < -0.3 is 14.6 Å². The van der Waals surface area contributed by atoms with E-state index in [1.165, 1.54) is 12.0 Å². The second kappa shape index (κ2) is 9.15. The fourth-order valence-electron chi connectivity index (χ4n) is 3.42. The summed E-state index contributed by atoms with van der Waals surface area (Å²) in [5.74, 6) is -0.861. The predicted octanol–water partition coefficient (Wildman–Crippen LogP) is 4.55. The lowest BCUT2D eigenvalue weighted by atomic mass is 10.0. The van der Waals surface area contributed by atoms with Gasteiger partial charge in [0.15, 0.2) is 18.1 Å². The Kier molecular flexibility index (Phi) is 6.13. The van der Waals surface area contributed by atoms with E-state index in [2.05, 4.69) is 0 Å². The van der Waals surface area contributed by atoms with Crippen LogP contribution >= 0.6 is 11.8 Å². The van der Waals surface area contributed by atoms with Crippen molar-refractivity contribution in [3.8, 4) is 11.5 Å². The third-order valence-electron chi connectivity index (χ3n) is 4.92. The van der Waals surface area contributed by atoms with E-state index in [-0.39, 0.29) is 23.4 Å². The van der Waals surface area contributed by atoms with E-state index in [1.807, 2.05) is 42.5 Å². The Balaban J connectivity index is 1.56. The van der Waals surface area contributed by atoms with Crippen molar-refractivity contribution in [2.24, 2.45) is 0 Å². The fourth-order valence-corrected chi connectivity index (χ4v) is 4.26. The Hall–Kier alpha value is -3.78. The summed E-state index contributed by atoms with van der Waals surface area (Å²) in [5, 5.41) is 10.5. The van der Waals surface area contributed by atoms with Gasteiger partial charge in [-0.2, -0.15) is 0 Å². The smallest absolute Gasteiger partial charge is 0.341 e. The molecule has 3 aromatic rings. The minimum Gasteiger partial charge on any atom is -0.493 e. The summed E-state index contributed by atoms with van der Waals surface area (Å²) in [6, 6.07) is 18.5. The molecule has 0 unspecified atom stereocenters. The van der Waals surface area contributed by atoms with Crippen molar-refractivity contribution in [3.63, 3.8) is 0 Å². The maximum atomic E-state index is 13.0. The van der Waals surface area contributed by atoms with E-state index in [0.717, 1.165) is 28.1 Å². The third kappa shape index (κ3) is 4.45. The molecule has 32 heavy (non-hydrogen) atoms. The summed E-state index contributed by atoms with van der Waals surface area (Å²) in [6.07, 6.45) is 1.61. The molecule has 0 aromatic heterocycles. The van der Waals surface area contributed by atoms with E-state index in [9.17, 15) is 14.4 Å². The number of rotatable bonds is 7. The van der Waals surface area contributed by atoms with Crippen molar-refractivity contribution in [2.75, 3.05) is 13.7 Å². The Morgan fingerprint density at radius 1 is 1.06 bits per heavy atom. The Morgan fingerprint density at radius 3 is 2.62 bits per heavy atom. The summed E-state index contributed by atoms with van der Waals surface area (Å²) < 4.78 is 10.4. The zero-order valence-corrected chi connectivity index (χ0v) is 17.9. The van der Waals surface area contributed by atoms with Crippen molar-refractivity contribution >= 4 is 45.7 Å². The molecule has 0 aliphatic carbocycles. The lowest BCUT2D eigenvalue weighted by molar-refractivity contribution is -0.139. The Morgan fingerprint density at radius 2 is 1.84 bits per heavy atom.